The third kappa shape index (κ3) is 3.33. The van der Waals surface area contributed by atoms with Gasteiger partial charge in [-0.2, -0.15) is 0 Å². The molecular formula is C14H18N4OS. The van der Waals surface area contributed by atoms with Crippen molar-refractivity contribution >= 4 is 22.4 Å². The van der Waals surface area contributed by atoms with E-state index < -0.39 is 0 Å². The highest BCUT2D eigenvalue weighted by molar-refractivity contribution is 7.17. The molecule has 1 amide bonds. The van der Waals surface area contributed by atoms with Crippen molar-refractivity contribution in [2.24, 2.45) is 0 Å². The van der Waals surface area contributed by atoms with Gasteiger partial charge in [0.05, 0.1) is 0 Å². The van der Waals surface area contributed by atoms with E-state index in [1.165, 1.54) is 16.9 Å². The van der Waals surface area contributed by atoms with Crippen molar-refractivity contribution in [1.82, 2.24) is 15.1 Å². The normalized spacial score (nSPS) is 10.3. The molecule has 1 aromatic heterocycles. The third-order valence-corrected chi connectivity index (χ3v) is 3.82. The predicted molar refractivity (Wildman–Crippen MR) is 81.0 cm³/mol. The predicted octanol–water partition coefficient (Wildman–Crippen LogP) is 2.55. The molecule has 0 atom stereocenters. The first-order valence-electron chi connectivity index (χ1n) is 6.49. The number of hydrogen-bond acceptors (Lipinski definition) is 5. The van der Waals surface area contributed by atoms with Gasteiger partial charge in [-0.25, -0.2) is 0 Å². The Morgan fingerprint density at radius 1 is 1.35 bits per heavy atom. The van der Waals surface area contributed by atoms with Crippen LogP contribution in [0.25, 0.3) is 0 Å². The summed E-state index contributed by atoms with van der Waals surface area (Å²) in [6, 6.07) is 8.05. The fourth-order valence-corrected chi connectivity index (χ4v) is 2.62. The number of amides is 1. The zero-order valence-corrected chi connectivity index (χ0v) is 12.7. The minimum Gasteiger partial charge on any atom is -0.360 e. The molecule has 20 heavy (non-hydrogen) atoms. The Labute approximate surface area is 122 Å². The zero-order chi connectivity index (χ0) is 14.5. The highest BCUT2D eigenvalue weighted by Gasteiger charge is 2.17. The van der Waals surface area contributed by atoms with Crippen LogP contribution in [-0.2, 0) is 6.54 Å². The number of aryl methyl sites for hydroxylation is 1. The Morgan fingerprint density at radius 2 is 2.10 bits per heavy atom. The van der Waals surface area contributed by atoms with Crippen LogP contribution < -0.4 is 5.32 Å². The number of hydrogen-bond donors (Lipinski definition) is 1. The number of carbonyl (C=O) groups is 1. The molecule has 2 rings (SSSR count). The lowest BCUT2D eigenvalue weighted by atomic mass is 10.1. The molecule has 6 heteroatoms. The van der Waals surface area contributed by atoms with E-state index in [1.807, 2.05) is 38.1 Å². The second kappa shape index (κ2) is 6.47. The molecule has 0 fully saturated rings. The molecule has 0 radical (unpaired) electrons. The summed E-state index contributed by atoms with van der Waals surface area (Å²) in [4.78, 5) is 13.9. The van der Waals surface area contributed by atoms with Crippen molar-refractivity contribution in [3.8, 4) is 0 Å². The molecule has 106 valence electrons. The van der Waals surface area contributed by atoms with E-state index in [1.54, 1.807) is 11.9 Å². The Kier molecular flexibility index (Phi) is 4.68. The van der Waals surface area contributed by atoms with Crippen LogP contribution in [0.5, 0.6) is 0 Å². The van der Waals surface area contributed by atoms with Crippen LogP contribution in [0.1, 0.15) is 27.9 Å². The lowest BCUT2D eigenvalue weighted by Crippen LogP contribution is -2.26. The molecule has 1 N–H and O–H groups in total. The number of rotatable bonds is 5. The van der Waals surface area contributed by atoms with E-state index in [2.05, 4.69) is 15.5 Å². The number of aromatic nitrogens is 2. The monoisotopic (exact) mass is 290 g/mol. The standard InChI is InChI=1S/C14H18N4OS/c1-4-15-14-17-16-12(20-14)13(19)18(3)9-11-8-6-5-7-10(11)2/h5-8H,4,9H2,1-3H3,(H,15,17). The summed E-state index contributed by atoms with van der Waals surface area (Å²) in [7, 11) is 1.78. The van der Waals surface area contributed by atoms with Gasteiger partial charge in [-0.15, -0.1) is 10.2 Å². The fourth-order valence-electron chi connectivity index (χ4n) is 1.81. The average molecular weight is 290 g/mol. The number of anilines is 1. The van der Waals surface area contributed by atoms with E-state index in [4.69, 9.17) is 0 Å². The van der Waals surface area contributed by atoms with Crippen molar-refractivity contribution in [3.63, 3.8) is 0 Å². The summed E-state index contributed by atoms with van der Waals surface area (Å²) >= 11 is 1.28. The van der Waals surface area contributed by atoms with Crippen molar-refractivity contribution < 1.29 is 4.79 Å². The average Bonchev–Trinajstić information content (AvgIpc) is 2.89. The SMILES string of the molecule is CCNc1nnc(C(=O)N(C)Cc2ccccc2C)s1. The molecule has 0 saturated carbocycles. The molecule has 0 saturated heterocycles. The van der Waals surface area contributed by atoms with Gasteiger partial charge in [-0.1, -0.05) is 35.6 Å². The van der Waals surface area contributed by atoms with Crippen LogP contribution in [0.4, 0.5) is 5.13 Å². The van der Waals surface area contributed by atoms with Crippen LogP contribution in [0, 0.1) is 6.92 Å². The van der Waals surface area contributed by atoms with Crippen molar-refractivity contribution in [2.45, 2.75) is 20.4 Å². The quantitative estimate of drug-likeness (QED) is 0.919. The van der Waals surface area contributed by atoms with Gasteiger partial charge in [0.1, 0.15) is 0 Å². The van der Waals surface area contributed by atoms with Gasteiger partial charge in [-0.05, 0) is 25.0 Å². The highest BCUT2D eigenvalue weighted by Crippen LogP contribution is 2.17. The Balaban J connectivity index is 2.06. The van der Waals surface area contributed by atoms with E-state index in [-0.39, 0.29) is 5.91 Å². The number of nitrogens with zero attached hydrogens (tertiary/aromatic N) is 3. The smallest absolute Gasteiger partial charge is 0.284 e. The first kappa shape index (κ1) is 14.5. The molecule has 1 aromatic carbocycles. The molecule has 1 heterocycles. The molecule has 2 aromatic rings. The van der Waals surface area contributed by atoms with Gasteiger partial charge < -0.3 is 10.2 Å². The van der Waals surface area contributed by atoms with Crippen molar-refractivity contribution in [3.05, 3.63) is 40.4 Å². The van der Waals surface area contributed by atoms with Crippen molar-refractivity contribution in [1.29, 1.82) is 0 Å². The maximum Gasteiger partial charge on any atom is 0.284 e. The molecule has 0 spiro atoms. The van der Waals surface area contributed by atoms with Crippen molar-refractivity contribution in [2.75, 3.05) is 18.9 Å². The van der Waals surface area contributed by atoms with Gasteiger partial charge in [0.15, 0.2) is 0 Å². The largest absolute Gasteiger partial charge is 0.360 e. The Bertz CT molecular complexity index is 596. The van der Waals surface area contributed by atoms with Crippen LogP contribution in [0.2, 0.25) is 0 Å². The lowest BCUT2D eigenvalue weighted by Gasteiger charge is -2.16. The lowest BCUT2D eigenvalue weighted by molar-refractivity contribution is 0.0783. The second-order valence-electron chi connectivity index (χ2n) is 4.53. The second-order valence-corrected chi connectivity index (χ2v) is 5.51. The van der Waals surface area contributed by atoms with Gasteiger partial charge >= 0.3 is 0 Å². The molecule has 0 aliphatic heterocycles. The summed E-state index contributed by atoms with van der Waals surface area (Å²) in [5.41, 5.74) is 2.32. The minimum absolute atomic E-state index is 0.102. The van der Waals surface area contributed by atoms with Gasteiger partial charge in [0.25, 0.3) is 5.91 Å². The maximum absolute atomic E-state index is 12.3. The van der Waals surface area contributed by atoms with Crippen LogP contribution in [0.3, 0.4) is 0 Å². The zero-order valence-electron chi connectivity index (χ0n) is 11.9. The van der Waals surface area contributed by atoms with Crippen LogP contribution in [-0.4, -0.2) is 34.6 Å². The first-order chi connectivity index (χ1) is 9.61. The Morgan fingerprint density at radius 3 is 2.80 bits per heavy atom. The van der Waals surface area contributed by atoms with Gasteiger partial charge in [0, 0.05) is 20.1 Å². The van der Waals surface area contributed by atoms with Crippen LogP contribution >= 0.6 is 11.3 Å². The fraction of sp³-hybridized carbons (Fsp3) is 0.357. The summed E-state index contributed by atoms with van der Waals surface area (Å²) in [5, 5.41) is 12.0. The molecule has 0 bridgehead atoms. The first-order valence-corrected chi connectivity index (χ1v) is 7.30. The summed E-state index contributed by atoms with van der Waals surface area (Å²) < 4.78 is 0. The summed E-state index contributed by atoms with van der Waals surface area (Å²) in [6.07, 6.45) is 0. The van der Waals surface area contributed by atoms with Gasteiger partial charge in [-0.3, -0.25) is 4.79 Å². The van der Waals surface area contributed by atoms with E-state index in [0.717, 1.165) is 12.1 Å². The summed E-state index contributed by atoms with van der Waals surface area (Å²) in [5.74, 6) is -0.102. The van der Waals surface area contributed by atoms with E-state index in [0.29, 0.717) is 16.7 Å². The summed E-state index contributed by atoms with van der Waals surface area (Å²) in [6.45, 7) is 5.36. The Hall–Kier alpha value is -1.95. The van der Waals surface area contributed by atoms with Gasteiger partial charge in [0.2, 0.25) is 10.1 Å². The number of nitrogens with one attached hydrogen (secondary N) is 1. The molecule has 0 aliphatic carbocycles. The number of carbonyl (C=O) groups excluding carboxylic acids is 1. The third-order valence-electron chi connectivity index (χ3n) is 2.95. The van der Waals surface area contributed by atoms with Crippen LogP contribution in [0.15, 0.2) is 24.3 Å². The topological polar surface area (TPSA) is 58.1 Å². The minimum atomic E-state index is -0.102. The highest BCUT2D eigenvalue weighted by atomic mass is 32.1. The van der Waals surface area contributed by atoms with E-state index >= 15 is 0 Å². The maximum atomic E-state index is 12.3. The molecular weight excluding hydrogens is 272 g/mol. The molecule has 0 aliphatic rings. The molecule has 0 unspecified atom stereocenters. The molecule has 5 nitrogen and oxygen atoms in total. The van der Waals surface area contributed by atoms with E-state index in [9.17, 15) is 4.79 Å². The number of benzene rings is 1.